The van der Waals surface area contributed by atoms with Crippen molar-refractivity contribution in [2.75, 3.05) is 5.32 Å². The first-order chi connectivity index (χ1) is 15.5. The first kappa shape index (κ1) is 19.5. The first-order valence-corrected chi connectivity index (χ1v) is 10.0. The van der Waals surface area contributed by atoms with E-state index in [0.717, 1.165) is 10.8 Å². The van der Waals surface area contributed by atoms with E-state index in [-0.39, 0.29) is 17.4 Å². The summed E-state index contributed by atoms with van der Waals surface area (Å²) in [5, 5.41) is 9.40. The first-order valence-electron chi connectivity index (χ1n) is 10.0. The Labute approximate surface area is 182 Å². The van der Waals surface area contributed by atoms with Crippen molar-refractivity contribution < 1.29 is 9.21 Å². The number of H-pyrrole nitrogens is 1. The molecule has 0 radical (unpaired) electrons. The lowest BCUT2D eigenvalue weighted by molar-refractivity contribution is 0.102. The maximum atomic E-state index is 13.1. The van der Waals surface area contributed by atoms with Gasteiger partial charge in [0.05, 0.1) is 6.26 Å². The van der Waals surface area contributed by atoms with E-state index < -0.39 is 0 Å². The maximum absolute atomic E-state index is 13.1. The van der Waals surface area contributed by atoms with Crippen LogP contribution in [0.3, 0.4) is 0 Å². The highest BCUT2D eigenvalue weighted by Gasteiger charge is 2.18. The highest BCUT2D eigenvalue weighted by molar-refractivity contribution is 6.06. The molecule has 3 heterocycles. The van der Waals surface area contributed by atoms with Gasteiger partial charge in [-0.15, -0.1) is 0 Å². The second-order valence-corrected chi connectivity index (χ2v) is 7.42. The highest BCUT2D eigenvalue weighted by atomic mass is 16.3. The zero-order valence-electron chi connectivity index (χ0n) is 17.4. The fourth-order valence-electron chi connectivity index (χ4n) is 3.43. The SMILES string of the molecule is Cc1nc(-n2nc(-c3ccco3)cc2NC(=O)c2ccc3ccccc3c2)[nH]c(=O)c1C. The van der Waals surface area contributed by atoms with E-state index in [1.807, 2.05) is 36.4 Å². The van der Waals surface area contributed by atoms with Gasteiger partial charge in [0.25, 0.3) is 11.5 Å². The Bertz CT molecular complexity index is 1510. The molecule has 8 heteroatoms. The average Bonchev–Trinajstić information content (AvgIpc) is 3.47. The summed E-state index contributed by atoms with van der Waals surface area (Å²) in [4.78, 5) is 32.5. The minimum absolute atomic E-state index is 0.199. The van der Waals surface area contributed by atoms with Gasteiger partial charge in [-0.3, -0.25) is 14.6 Å². The van der Waals surface area contributed by atoms with Gasteiger partial charge in [-0.05, 0) is 48.9 Å². The van der Waals surface area contributed by atoms with Crippen LogP contribution < -0.4 is 10.9 Å². The Balaban J connectivity index is 1.57. The third kappa shape index (κ3) is 3.47. The Morgan fingerprint density at radius 1 is 1.03 bits per heavy atom. The van der Waals surface area contributed by atoms with Crippen molar-refractivity contribution in [3.63, 3.8) is 0 Å². The molecule has 0 aliphatic heterocycles. The second-order valence-electron chi connectivity index (χ2n) is 7.42. The number of aromatic amines is 1. The molecule has 0 unspecified atom stereocenters. The van der Waals surface area contributed by atoms with E-state index in [0.29, 0.717) is 34.1 Å². The molecule has 0 spiro atoms. The molecule has 5 rings (SSSR count). The lowest BCUT2D eigenvalue weighted by atomic mass is 10.1. The number of benzene rings is 2. The summed E-state index contributed by atoms with van der Waals surface area (Å²) in [7, 11) is 0. The van der Waals surface area contributed by atoms with Crippen LogP contribution in [0.4, 0.5) is 5.82 Å². The molecule has 3 aromatic heterocycles. The van der Waals surface area contributed by atoms with E-state index in [2.05, 4.69) is 20.4 Å². The van der Waals surface area contributed by atoms with Crippen molar-refractivity contribution in [3.8, 4) is 17.4 Å². The van der Waals surface area contributed by atoms with Crippen molar-refractivity contribution in [1.82, 2.24) is 19.7 Å². The zero-order chi connectivity index (χ0) is 22.2. The molecule has 2 aromatic carbocycles. The quantitative estimate of drug-likeness (QED) is 0.448. The molecule has 8 nitrogen and oxygen atoms in total. The molecule has 0 aliphatic rings. The predicted molar refractivity (Wildman–Crippen MR) is 121 cm³/mol. The number of nitrogens with zero attached hydrogens (tertiary/aromatic N) is 3. The number of fused-ring (bicyclic) bond motifs is 1. The molecular formula is C24H19N5O3. The Hall–Kier alpha value is -4.46. The molecule has 0 aliphatic carbocycles. The van der Waals surface area contributed by atoms with E-state index in [9.17, 15) is 9.59 Å². The van der Waals surface area contributed by atoms with Crippen LogP contribution in [0.1, 0.15) is 21.6 Å². The van der Waals surface area contributed by atoms with Crippen molar-refractivity contribution >= 4 is 22.5 Å². The average molecular weight is 425 g/mol. The number of carbonyl (C=O) groups is 1. The third-order valence-corrected chi connectivity index (χ3v) is 5.32. The van der Waals surface area contributed by atoms with Crippen LogP contribution in [-0.4, -0.2) is 25.7 Å². The van der Waals surface area contributed by atoms with Gasteiger partial charge in [-0.2, -0.15) is 9.78 Å². The van der Waals surface area contributed by atoms with Gasteiger partial charge in [0.1, 0.15) is 11.5 Å². The molecule has 1 amide bonds. The third-order valence-electron chi connectivity index (χ3n) is 5.32. The number of carbonyl (C=O) groups excluding carboxylic acids is 1. The van der Waals surface area contributed by atoms with Crippen LogP contribution in [-0.2, 0) is 0 Å². The monoisotopic (exact) mass is 425 g/mol. The number of hydrogen-bond donors (Lipinski definition) is 2. The Morgan fingerprint density at radius 2 is 1.84 bits per heavy atom. The molecular weight excluding hydrogens is 406 g/mol. The van der Waals surface area contributed by atoms with Gasteiger partial charge in [0, 0.05) is 22.9 Å². The minimum Gasteiger partial charge on any atom is -0.463 e. The second kappa shape index (κ2) is 7.66. The molecule has 5 aromatic rings. The van der Waals surface area contributed by atoms with Crippen LogP contribution in [0.2, 0.25) is 0 Å². The molecule has 0 fully saturated rings. The lowest BCUT2D eigenvalue weighted by Gasteiger charge is -2.10. The highest BCUT2D eigenvalue weighted by Crippen LogP contribution is 2.25. The number of nitrogens with one attached hydrogen (secondary N) is 2. The van der Waals surface area contributed by atoms with Crippen LogP contribution >= 0.6 is 0 Å². The molecule has 158 valence electrons. The van der Waals surface area contributed by atoms with Gasteiger partial charge in [-0.1, -0.05) is 30.3 Å². The summed E-state index contributed by atoms with van der Waals surface area (Å²) in [6.07, 6.45) is 1.54. The van der Waals surface area contributed by atoms with Crippen molar-refractivity contribution in [3.05, 3.63) is 94.1 Å². The maximum Gasteiger partial charge on any atom is 0.256 e. The number of aryl methyl sites for hydroxylation is 1. The number of aromatic nitrogens is 4. The van der Waals surface area contributed by atoms with Crippen molar-refractivity contribution in [1.29, 1.82) is 0 Å². The molecule has 0 bridgehead atoms. The summed E-state index contributed by atoms with van der Waals surface area (Å²) in [5.41, 5.74) is 1.82. The van der Waals surface area contributed by atoms with Crippen LogP contribution in [0, 0.1) is 13.8 Å². The van der Waals surface area contributed by atoms with Crippen LogP contribution in [0.15, 0.2) is 76.1 Å². The molecule has 0 saturated heterocycles. The van der Waals surface area contributed by atoms with E-state index in [1.165, 1.54) is 10.9 Å². The van der Waals surface area contributed by atoms with Crippen LogP contribution in [0.5, 0.6) is 0 Å². The largest absolute Gasteiger partial charge is 0.463 e. The summed E-state index contributed by atoms with van der Waals surface area (Å²) >= 11 is 0. The molecule has 2 N–H and O–H groups in total. The fourth-order valence-corrected chi connectivity index (χ4v) is 3.43. The molecule has 0 saturated carbocycles. The number of hydrogen-bond acceptors (Lipinski definition) is 5. The summed E-state index contributed by atoms with van der Waals surface area (Å²) in [5.74, 6) is 0.760. The number of anilines is 1. The van der Waals surface area contributed by atoms with Gasteiger partial charge >= 0.3 is 0 Å². The summed E-state index contributed by atoms with van der Waals surface area (Å²) < 4.78 is 6.84. The Kier molecular flexibility index (Phi) is 4.67. The minimum atomic E-state index is -0.311. The van der Waals surface area contributed by atoms with E-state index in [4.69, 9.17) is 4.42 Å². The van der Waals surface area contributed by atoms with Crippen molar-refractivity contribution in [2.24, 2.45) is 0 Å². The standard InChI is InChI=1S/C24H19N5O3/c1-14-15(2)25-24(27-22(14)30)29-21(13-19(28-29)20-8-5-11-32-20)26-23(31)18-10-9-16-6-3-4-7-17(16)12-18/h3-13H,1-2H3,(H,26,31)(H,25,27,30). The summed E-state index contributed by atoms with van der Waals surface area (Å²) in [6.45, 7) is 3.45. The van der Waals surface area contributed by atoms with E-state index >= 15 is 0 Å². The Morgan fingerprint density at radius 3 is 2.59 bits per heavy atom. The van der Waals surface area contributed by atoms with Gasteiger partial charge in [0.2, 0.25) is 5.95 Å². The normalized spacial score (nSPS) is 11.1. The molecule has 32 heavy (non-hydrogen) atoms. The lowest BCUT2D eigenvalue weighted by Crippen LogP contribution is -2.20. The van der Waals surface area contributed by atoms with Gasteiger partial charge < -0.3 is 9.73 Å². The fraction of sp³-hybridized carbons (Fsp3) is 0.0833. The topological polar surface area (TPSA) is 106 Å². The van der Waals surface area contributed by atoms with Crippen LogP contribution in [0.25, 0.3) is 28.2 Å². The summed E-state index contributed by atoms with van der Waals surface area (Å²) in [6, 6.07) is 18.5. The smallest absolute Gasteiger partial charge is 0.256 e. The number of rotatable bonds is 4. The predicted octanol–water partition coefficient (Wildman–Crippen LogP) is 4.24. The van der Waals surface area contributed by atoms with E-state index in [1.54, 1.807) is 38.1 Å². The van der Waals surface area contributed by atoms with Gasteiger partial charge in [-0.25, -0.2) is 4.98 Å². The van der Waals surface area contributed by atoms with Gasteiger partial charge in [0.15, 0.2) is 5.76 Å². The van der Waals surface area contributed by atoms with Crippen molar-refractivity contribution in [2.45, 2.75) is 13.8 Å². The number of furan rings is 1. The zero-order valence-corrected chi connectivity index (χ0v) is 17.4. The number of amides is 1. The molecule has 0 atom stereocenters.